The largest absolute Gasteiger partial charge is 0.494 e. The third-order valence-electron chi connectivity index (χ3n) is 3.11. The third kappa shape index (κ3) is 5.18. The summed E-state index contributed by atoms with van der Waals surface area (Å²) in [5.74, 6) is 1.19. The lowest BCUT2D eigenvalue weighted by atomic mass is 10.1. The van der Waals surface area contributed by atoms with E-state index < -0.39 is 0 Å². The van der Waals surface area contributed by atoms with Gasteiger partial charge < -0.3 is 14.8 Å². The Labute approximate surface area is 141 Å². The molecule has 0 radical (unpaired) electrons. The van der Waals surface area contributed by atoms with Crippen LogP contribution in [0.15, 0.2) is 42.5 Å². The maximum absolute atomic E-state index is 12.3. The van der Waals surface area contributed by atoms with Crippen molar-refractivity contribution in [3.8, 4) is 11.5 Å². The second-order valence-corrected chi connectivity index (χ2v) is 5.31. The van der Waals surface area contributed by atoms with E-state index >= 15 is 0 Å². The summed E-state index contributed by atoms with van der Waals surface area (Å²) in [5, 5.41) is 3.53. The monoisotopic (exact) mass is 333 g/mol. The van der Waals surface area contributed by atoms with Gasteiger partial charge in [-0.1, -0.05) is 23.7 Å². The number of hydrogen-bond donors (Lipinski definition) is 1. The molecule has 0 atom stereocenters. The highest BCUT2D eigenvalue weighted by Crippen LogP contribution is 2.29. The average Bonchev–Trinajstić information content (AvgIpc) is 2.52. The van der Waals surface area contributed by atoms with Crippen molar-refractivity contribution in [3.63, 3.8) is 0 Å². The molecule has 0 saturated heterocycles. The molecule has 1 amide bonds. The van der Waals surface area contributed by atoms with Crippen LogP contribution in [0.5, 0.6) is 11.5 Å². The lowest BCUT2D eigenvalue weighted by Gasteiger charge is -2.13. The first-order valence-corrected chi connectivity index (χ1v) is 7.94. The fourth-order valence-corrected chi connectivity index (χ4v) is 2.25. The summed E-state index contributed by atoms with van der Waals surface area (Å²) in [6.45, 7) is 4.89. The zero-order chi connectivity index (χ0) is 16.7. The van der Waals surface area contributed by atoms with Crippen LogP contribution in [-0.4, -0.2) is 19.1 Å². The Hall–Kier alpha value is -2.20. The van der Waals surface area contributed by atoms with E-state index in [2.05, 4.69) is 5.32 Å². The minimum absolute atomic E-state index is 0.123. The van der Waals surface area contributed by atoms with Gasteiger partial charge in [0, 0.05) is 11.1 Å². The summed E-state index contributed by atoms with van der Waals surface area (Å²) >= 11 is 5.85. The number of hydrogen-bond acceptors (Lipinski definition) is 3. The van der Waals surface area contributed by atoms with E-state index in [4.69, 9.17) is 21.1 Å². The van der Waals surface area contributed by atoms with E-state index in [0.29, 0.717) is 35.4 Å². The first-order chi connectivity index (χ1) is 11.1. The van der Waals surface area contributed by atoms with Crippen LogP contribution in [0.1, 0.15) is 19.4 Å². The lowest BCUT2D eigenvalue weighted by Crippen LogP contribution is -2.15. The topological polar surface area (TPSA) is 47.6 Å². The van der Waals surface area contributed by atoms with Gasteiger partial charge in [0.15, 0.2) is 0 Å². The molecule has 1 N–H and O–H groups in total. The predicted octanol–water partition coefficient (Wildman–Crippen LogP) is 4.32. The molecular formula is C18H20ClNO3. The van der Waals surface area contributed by atoms with Gasteiger partial charge in [0.2, 0.25) is 5.91 Å². The van der Waals surface area contributed by atoms with Crippen molar-refractivity contribution in [2.45, 2.75) is 20.3 Å². The van der Waals surface area contributed by atoms with Crippen molar-refractivity contribution in [2.75, 3.05) is 18.5 Å². The highest BCUT2D eigenvalue weighted by atomic mass is 35.5. The number of benzene rings is 2. The molecule has 4 nitrogen and oxygen atoms in total. The van der Waals surface area contributed by atoms with Gasteiger partial charge in [-0.15, -0.1) is 0 Å². The Morgan fingerprint density at radius 2 is 1.74 bits per heavy atom. The standard InChI is InChI=1S/C18H20ClNO3/c1-3-22-15-9-10-17(23-4-2)16(12-15)20-18(21)11-13-5-7-14(19)8-6-13/h5-10,12H,3-4,11H2,1-2H3,(H,20,21). The molecule has 0 aliphatic heterocycles. The number of carbonyl (C=O) groups excluding carboxylic acids is 1. The number of halogens is 1. The predicted molar refractivity (Wildman–Crippen MR) is 92.6 cm³/mol. The zero-order valence-corrected chi connectivity index (χ0v) is 14.0. The van der Waals surface area contributed by atoms with Crippen LogP contribution in [0.25, 0.3) is 0 Å². The van der Waals surface area contributed by atoms with E-state index in [9.17, 15) is 4.79 Å². The Morgan fingerprint density at radius 1 is 1.04 bits per heavy atom. The van der Waals surface area contributed by atoms with Crippen LogP contribution in [0.4, 0.5) is 5.69 Å². The van der Waals surface area contributed by atoms with Crippen molar-refractivity contribution in [3.05, 3.63) is 53.1 Å². The van der Waals surface area contributed by atoms with Crippen molar-refractivity contribution in [2.24, 2.45) is 0 Å². The van der Waals surface area contributed by atoms with Crippen LogP contribution >= 0.6 is 11.6 Å². The first-order valence-electron chi connectivity index (χ1n) is 7.56. The summed E-state index contributed by atoms with van der Waals surface area (Å²) in [4.78, 5) is 12.3. The molecule has 23 heavy (non-hydrogen) atoms. The normalized spacial score (nSPS) is 10.2. The molecule has 0 aromatic heterocycles. The maximum Gasteiger partial charge on any atom is 0.228 e. The number of carbonyl (C=O) groups is 1. The van der Waals surface area contributed by atoms with Crippen molar-refractivity contribution in [1.29, 1.82) is 0 Å². The molecule has 0 unspecified atom stereocenters. The molecule has 2 aromatic carbocycles. The van der Waals surface area contributed by atoms with E-state index in [0.717, 1.165) is 5.56 Å². The van der Waals surface area contributed by atoms with Crippen molar-refractivity contribution >= 4 is 23.2 Å². The van der Waals surface area contributed by atoms with Gasteiger partial charge in [-0.2, -0.15) is 0 Å². The van der Waals surface area contributed by atoms with Crippen molar-refractivity contribution in [1.82, 2.24) is 0 Å². The summed E-state index contributed by atoms with van der Waals surface area (Å²) in [5.41, 5.74) is 1.50. The molecular weight excluding hydrogens is 314 g/mol. The Bertz CT molecular complexity index is 656. The van der Waals surface area contributed by atoms with Gasteiger partial charge in [-0.25, -0.2) is 0 Å². The van der Waals surface area contributed by atoms with Crippen LogP contribution < -0.4 is 14.8 Å². The number of rotatable bonds is 7. The van der Waals surface area contributed by atoms with Crippen LogP contribution in [-0.2, 0) is 11.2 Å². The zero-order valence-electron chi connectivity index (χ0n) is 13.3. The van der Waals surface area contributed by atoms with E-state index in [1.54, 1.807) is 24.3 Å². The molecule has 2 aromatic rings. The van der Waals surface area contributed by atoms with Gasteiger partial charge in [0.1, 0.15) is 11.5 Å². The van der Waals surface area contributed by atoms with Gasteiger partial charge in [0.25, 0.3) is 0 Å². The van der Waals surface area contributed by atoms with Gasteiger partial charge in [-0.05, 0) is 43.7 Å². The van der Waals surface area contributed by atoms with Gasteiger partial charge >= 0.3 is 0 Å². The third-order valence-corrected chi connectivity index (χ3v) is 3.37. The molecule has 0 aliphatic rings. The van der Waals surface area contributed by atoms with Gasteiger partial charge in [-0.3, -0.25) is 4.79 Å². The highest BCUT2D eigenvalue weighted by Gasteiger charge is 2.10. The fraction of sp³-hybridized carbons (Fsp3) is 0.278. The Balaban J connectivity index is 2.11. The second-order valence-electron chi connectivity index (χ2n) is 4.88. The lowest BCUT2D eigenvalue weighted by molar-refractivity contribution is -0.115. The molecule has 0 aliphatic carbocycles. The van der Waals surface area contributed by atoms with E-state index in [-0.39, 0.29) is 12.3 Å². The number of amides is 1. The smallest absolute Gasteiger partial charge is 0.228 e. The van der Waals surface area contributed by atoms with E-state index in [1.807, 2.05) is 32.0 Å². The minimum Gasteiger partial charge on any atom is -0.494 e. The molecule has 0 bridgehead atoms. The molecule has 0 spiro atoms. The SMILES string of the molecule is CCOc1ccc(OCC)c(NC(=O)Cc2ccc(Cl)cc2)c1. The van der Waals surface area contributed by atoms with E-state index in [1.165, 1.54) is 0 Å². The number of ether oxygens (including phenoxy) is 2. The summed E-state index contributed by atoms with van der Waals surface area (Å²) < 4.78 is 11.0. The molecule has 122 valence electrons. The summed E-state index contributed by atoms with van der Waals surface area (Å²) in [6.07, 6.45) is 0.265. The van der Waals surface area contributed by atoms with Crippen LogP contribution in [0.3, 0.4) is 0 Å². The highest BCUT2D eigenvalue weighted by molar-refractivity contribution is 6.30. The average molecular weight is 334 g/mol. The molecule has 0 saturated carbocycles. The van der Waals surface area contributed by atoms with Crippen LogP contribution in [0.2, 0.25) is 5.02 Å². The minimum atomic E-state index is -0.123. The Morgan fingerprint density at radius 3 is 2.39 bits per heavy atom. The Kier molecular flexibility index (Phi) is 6.29. The summed E-state index contributed by atoms with van der Waals surface area (Å²) in [7, 11) is 0. The second kappa shape index (κ2) is 8.44. The quantitative estimate of drug-likeness (QED) is 0.821. The first kappa shape index (κ1) is 17.2. The molecule has 2 rings (SSSR count). The molecule has 5 heteroatoms. The van der Waals surface area contributed by atoms with Gasteiger partial charge in [0.05, 0.1) is 25.3 Å². The molecule has 0 fully saturated rings. The molecule has 0 heterocycles. The van der Waals surface area contributed by atoms with Crippen LogP contribution in [0, 0.1) is 0 Å². The fourth-order valence-electron chi connectivity index (χ4n) is 2.13. The summed E-state index contributed by atoms with van der Waals surface area (Å²) in [6, 6.07) is 12.6. The number of anilines is 1. The maximum atomic E-state index is 12.3. The number of nitrogens with one attached hydrogen (secondary N) is 1. The van der Waals surface area contributed by atoms with Crippen molar-refractivity contribution < 1.29 is 14.3 Å².